The molecule has 4 heteroatoms. The van der Waals surface area contributed by atoms with Crippen molar-refractivity contribution in [2.75, 3.05) is 7.11 Å². The molecule has 0 heterocycles. The van der Waals surface area contributed by atoms with Crippen molar-refractivity contribution < 1.29 is 8.95 Å². The van der Waals surface area contributed by atoms with Gasteiger partial charge in [0.2, 0.25) is 0 Å². The third-order valence-electron chi connectivity index (χ3n) is 3.21. The molecule has 0 amide bonds. The predicted molar refractivity (Wildman–Crippen MR) is 82.2 cm³/mol. The van der Waals surface area contributed by atoms with E-state index in [0.29, 0.717) is 12.3 Å². The summed E-state index contributed by atoms with van der Waals surface area (Å²) in [5.41, 5.74) is 8.64. The maximum atomic E-state index is 12.4. The van der Waals surface area contributed by atoms with Crippen LogP contribution >= 0.6 is 0 Å². The Hall–Kier alpha value is -1.65. The van der Waals surface area contributed by atoms with Gasteiger partial charge in [-0.25, -0.2) is 0 Å². The van der Waals surface area contributed by atoms with Gasteiger partial charge in [-0.1, -0.05) is 30.3 Å². The Bertz CT molecular complexity index is 626. The van der Waals surface area contributed by atoms with Crippen molar-refractivity contribution in [3.05, 3.63) is 59.2 Å². The maximum absolute atomic E-state index is 12.4. The van der Waals surface area contributed by atoms with Gasteiger partial charge in [-0.3, -0.25) is 4.21 Å². The largest absolute Gasteiger partial charge is 0.496 e. The SMILES string of the molecule is COc1cc(CS(=O)c2ccccc2C)ccc1CN. The highest BCUT2D eigenvalue weighted by Crippen LogP contribution is 2.22. The molecule has 0 saturated heterocycles. The quantitative estimate of drug-likeness (QED) is 0.921. The fourth-order valence-electron chi connectivity index (χ4n) is 2.09. The van der Waals surface area contributed by atoms with Crippen LogP contribution in [-0.4, -0.2) is 11.3 Å². The van der Waals surface area contributed by atoms with Crippen molar-refractivity contribution >= 4 is 10.8 Å². The highest BCUT2D eigenvalue weighted by atomic mass is 32.2. The van der Waals surface area contributed by atoms with Gasteiger partial charge in [0.15, 0.2) is 0 Å². The van der Waals surface area contributed by atoms with E-state index in [1.165, 1.54) is 0 Å². The molecule has 20 heavy (non-hydrogen) atoms. The summed E-state index contributed by atoms with van der Waals surface area (Å²) < 4.78 is 17.7. The molecule has 0 aromatic heterocycles. The number of nitrogens with two attached hydrogens (primary N) is 1. The summed E-state index contributed by atoms with van der Waals surface area (Å²) >= 11 is 0. The second kappa shape index (κ2) is 6.68. The Morgan fingerprint density at radius 2 is 1.95 bits per heavy atom. The number of hydrogen-bond acceptors (Lipinski definition) is 3. The van der Waals surface area contributed by atoms with Crippen LogP contribution in [-0.2, 0) is 23.1 Å². The third-order valence-corrected chi connectivity index (χ3v) is 4.75. The zero-order chi connectivity index (χ0) is 14.5. The molecule has 2 N–H and O–H groups in total. The highest BCUT2D eigenvalue weighted by molar-refractivity contribution is 7.84. The molecule has 0 saturated carbocycles. The molecule has 0 aliphatic carbocycles. The monoisotopic (exact) mass is 289 g/mol. The Labute approximate surface area is 122 Å². The van der Waals surface area contributed by atoms with Crippen LogP contribution in [0.25, 0.3) is 0 Å². The molecule has 2 aromatic rings. The summed E-state index contributed by atoms with van der Waals surface area (Å²) in [5.74, 6) is 1.23. The lowest BCUT2D eigenvalue weighted by atomic mass is 10.1. The minimum Gasteiger partial charge on any atom is -0.496 e. The van der Waals surface area contributed by atoms with Gasteiger partial charge in [0.25, 0.3) is 0 Å². The van der Waals surface area contributed by atoms with Crippen molar-refractivity contribution in [3.8, 4) is 5.75 Å². The zero-order valence-electron chi connectivity index (χ0n) is 11.8. The first-order valence-corrected chi connectivity index (χ1v) is 7.77. The van der Waals surface area contributed by atoms with Crippen LogP contribution in [0.15, 0.2) is 47.4 Å². The number of aryl methyl sites for hydroxylation is 1. The Morgan fingerprint density at radius 1 is 1.20 bits per heavy atom. The number of hydrogen-bond donors (Lipinski definition) is 1. The summed E-state index contributed by atoms with van der Waals surface area (Å²) in [6.45, 7) is 2.41. The van der Waals surface area contributed by atoms with E-state index in [1.54, 1.807) is 7.11 Å². The fourth-order valence-corrected chi connectivity index (χ4v) is 3.38. The van der Waals surface area contributed by atoms with Crippen molar-refractivity contribution in [2.24, 2.45) is 5.73 Å². The Morgan fingerprint density at radius 3 is 2.60 bits per heavy atom. The van der Waals surface area contributed by atoms with E-state index in [2.05, 4.69) is 0 Å². The van der Waals surface area contributed by atoms with Crippen LogP contribution in [0.3, 0.4) is 0 Å². The summed E-state index contributed by atoms with van der Waals surface area (Å²) in [6.07, 6.45) is 0. The third kappa shape index (κ3) is 3.26. The van der Waals surface area contributed by atoms with E-state index in [0.717, 1.165) is 27.3 Å². The first-order valence-electron chi connectivity index (χ1n) is 6.45. The maximum Gasteiger partial charge on any atom is 0.123 e. The standard InChI is InChI=1S/C16H19NO2S/c1-12-5-3-4-6-16(12)20(18)11-13-7-8-14(10-17)15(9-13)19-2/h3-9H,10-11,17H2,1-2H3. The summed E-state index contributed by atoms with van der Waals surface area (Å²) in [5, 5.41) is 0. The van der Waals surface area contributed by atoms with E-state index >= 15 is 0 Å². The summed E-state index contributed by atoms with van der Waals surface area (Å²) in [7, 11) is 0.570. The Balaban J connectivity index is 2.22. The van der Waals surface area contributed by atoms with Crippen molar-refractivity contribution in [1.29, 1.82) is 0 Å². The van der Waals surface area contributed by atoms with Gasteiger partial charge in [0.05, 0.1) is 23.7 Å². The lowest BCUT2D eigenvalue weighted by Crippen LogP contribution is -2.02. The number of rotatable bonds is 5. The molecule has 1 atom stereocenters. The molecule has 106 valence electrons. The molecular weight excluding hydrogens is 270 g/mol. The van der Waals surface area contributed by atoms with Gasteiger partial charge in [-0.15, -0.1) is 0 Å². The van der Waals surface area contributed by atoms with Gasteiger partial charge in [-0.05, 0) is 30.2 Å². The molecule has 1 unspecified atom stereocenters. The minimum atomic E-state index is -1.05. The lowest BCUT2D eigenvalue weighted by Gasteiger charge is -2.10. The van der Waals surface area contributed by atoms with Crippen LogP contribution in [0.5, 0.6) is 5.75 Å². The topological polar surface area (TPSA) is 52.3 Å². The average Bonchev–Trinajstić information content (AvgIpc) is 2.47. The molecule has 0 fully saturated rings. The van der Waals surface area contributed by atoms with Crippen molar-refractivity contribution in [3.63, 3.8) is 0 Å². The van der Waals surface area contributed by atoms with Gasteiger partial charge in [0, 0.05) is 17.0 Å². The van der Waals surface area contributed by atoms with Crippen LogP contribution in [0.1, 0.15) is 16.7 Å². The first kappa shape index (κ1) is 14.8. The van der Waals surface area contributed by atoms with Gasteiger partial charge >= 0.3 is 0 Å². The predicted octanol–water partition coefficient (Wildman–Crippen LogP) is 2.77. The van der Waals surface area contributed by atoms with Gasteiger partial charge in [-0.2, -0.15) is 0 Å². The second-order valence-electron chi connectivity index (χ2n) is 4.61. The van der Waals surface area contributed by atoms with Crippen LogP contribution in [0.2, 0.25) is 0 Å². The number of ether oxygens (including phenoxy) is 1. The zero-order valence-corrected chi connectivity index (χ0v) is 12.6. The summed E-state index contributed by atoms with van der Waals surface area (Å²) in [4.78, 5) is 0.884. The smallest absolute Gasteiger partial charge is 0.123 e. The average molecular weight is 289 g/mol. The molecule has 2 rings (SSSR count). The van der Waals surface area contributed by atoms with Crippen LogP contribution in [0, 0.1) is 6.92 Å². The van der Waals surface area contributed by atoms with Gasteiger partial charge in [0.1, 0.15) is 5.75 Å². The van der Waals surface area contributed by atoms with E-state index in [-0.39, 0.29) is 0 Å². The van der Waals surface area contributed by atoms with E-state index in [4.69, 9.17) is 10.5 Å². The molecule has 0 spiro atoms. The minimum absolute atomic E-state index is 0.435. The normalized spacial score (nSPS) is 12.2. The van der Waals surface area contributed by atoms with E-state index in [9.17, 15) is 4.21 Å². The van der Waals surface area contributed by atoms with E-state index < -0.39 is 10.8 Å². The number of benzene rings is 2. The van der Waals surface area contributed by atoms with Crippen LogP contribution < -0.4 is 10.5 Å². The molecule has 0 aliphatic rings. The molecule has 2 aromatic carbocycles. The fraction of sp³-hybridized carbons (Fsp3) is 0.250. The molecular formula is C16H19NO2S. The van der Waals surface area contributed by atoms with Crippen molar-refractivity contribution in [1.82, 2.24) is 0 Å². The molecule has 3 nitrogen and oxygen atoms in total. The molecule has 0 radical (unpaired) electrons. The van der Waals surface area contributed by atoms with Gasteiger partial charge < -0.3 is 10.5 Å². The molecule has 0 bridgehead atoms. The van der Waals surface area contributed by atoms with E-state index in [1.807, 2.05) is 49.4 Å². The van der Waals surface area contributed by atoms with Crippen molar-refractivity contribution in [2.45, 2.75) is 24.1 Å². The molecule has 0 aliphatic heterocycles. The number of methoxy groups -OCH3 is 1. The summed E-state index contributed by atoms with van der Waals surface area (Å²) in [6, 6.07) is 13.6. The first-order chi connectivity index (χ1) is 9.65. The van der Waals surface area contributed by atoms with Crippen LogP contribution in [0.4, 0.5) is 0 Å². The second-order valence-corrected chi connectivity index (χ2v) is 6.03. The highest BCUT2D eigenvalue weighted by Gasteiger charge is 2.09. The lowest BCUT2D eigenvalue weighted by molar-refractivity contribution is 0.409. The Kier molecular flexibility index (Phi) is 4.93.